The number of phenolic OH excluding ortho intramolecular Hbond substituents is 1. The first-order valence-electron chi connectivity index (χ1n) is 4.17. The van der Waals surface area contributed by atoms with Crippen LogP contribution < -0.4 is 5.73 Å². The number of hydrogen-bond donors (Lipinski definition) is 2. The van der Waals surface area contributed by atoms with Crippen molar-refractivity contribution in [1.29, 1.82) is 0 Å². The van der Waals surface area contributed by atoms with Crippen molar-refractivity contribution in [3.05, 3.63) is 23.8 Å². The SMILES string of the molecule is CS(=O)(=O)c1cc(CCN)ccc1O. The summed E-state index contributed by atoms with van der Waals surface area (Å²) in [5.41, 5.74) is 6.16. The van der Waals surface area contributed by atoms with Gasteiger partial charge in [0, 0.05) is 6.26 Å². The van der Waals surface area contributed by atoms with E-state index in [4.69, 9.17) is 5.73 Å². The van der Waals surface area contributed by atoms with Crippen LogP contribution in [0, 0.1) is 0 Å². The highest BCUT2D eigenvalue weighted by Crippen LogP contribution is 2.23. The molecule has 0 fully saturated rings. The van der Waals surface area contributed by atoms with Crippen LogP contribution in [0.3, 0.4) is 0 Å². The van der Waals surface area contributed by atoms with Gasteiger partial charge in [-0.2, -0.15) is 0 Å². The van der Waals surface area contributed by atoms with Crippen molar-refractivity contribution in [2.24, 2.45) is 5.73 Å². The molecule has 3 N–H and O–H groups in total. The molecule has 0 aliphatic carbocycles. The minimum atomic E-state index is -3.37. The number of hydrogen-bond acceptors (Lipinski definition) is 4. The lowest BCUT2D eigenvalue weighted by molar-refractivity contribution is 0.458. The molecule has 0 amide bonds. The minimum Gasteiger partial charge on any atom is -0.507 e. The topological polar surface area (TPSA) is 80.4 Å². The monoisotopic (exact) mass is 215 g/mol. The molecule has 0 aliphatic heterocycles. The first kappa shape index (κ1) is 11.0. The normalized spacial score (nSPS) is 11.6. The van der Waals surface area contributed by atoms with Crippen molar-refractivity contribution < 1.29 is 13.5 Å². The quantitative estimate of drug-likeness (QED) is 0.759. The predicted molar refractivity (Wildman–Crippen MR) is 54.0 cm³/mol. The minimum absolute atomic E-state index is 0.0385. The summed E-state index contributed by atoms with van der Waals surface area (Å²) >= 11 is 0. The Bertz CT molecular complexity index is 426. The van der Waals surface area contributed by atoms with Crippen LogP contribution in [-0.4, -0.2) is 26.3 Å². The van der Waals surface area contributed by atoms with Crippen molar-refractivity contribution in [1.82, 2.24) is 0 Å². The van der Waals surface area contributed by atoms with E-state index in [2.05, 4.69) is 0 Å². The van der Waals surface area contributed by atoms with Gasteiger partial charge in [0.15, 0.2) is 9.84 Å². The van der Waals surface area contributed by atoms with Crippen LogP contribution in [0.2, 0.25) is 0 Å². The van der Waals surface area contributed by atoms with Gasteiger partial charge < -0.3 is 10.8 Å². The average molecular weight is 215 g/mol. The van der Waals surface area contributed by atoms with Gasteiger partial charge in [0.25, 0.3) is 0 Å². The van der Waals surface area contributed by atoms with Gasteiger partial charge in [-0.1, -0.05) is 6.07 Å². The van der Waals surface area contributed by atoms with Crippen molar-refractivity contribution in [3.8, 4) is 5.75 Å². The van der Waals surface area contributed by atoms with Crippen molar-refractivity contribution in [3.63, 3.8) is 0 Å². The second-order valence-corrected chi connectivity index (χ2v) is 5.10. The summed E-state index contributed by atoms with van der Waals surface area (Å²) in [6.45, 7) is 0.452. The second-order valence-electron chi connectivity index (χ2n) is 3.11. The van der Waals surface area contributed by atoms with Crippen LogP contribution in [-0.2, 0) is 16.3 Å². The Morgan fingerprint density at radius 3 is 2.57 bits per heavy atom. The molecule has 0 saturated carbocycles. The molecular formula is C9H13NO3S. The molecule has 0 radical (unpaired) electrons. The fourth-order valence-electron chi connectivity index (χ4n) is 1.18. The Balaban J connectivity index is 3.22. The molecular weight excluding hydrogens is 202 g/mol. The Morgan fingerprint density at radius 2 is 2.07 bits per heavy atom. The predicted octanol–water partition coefficient (Wildman–Crippen LogP) is 0.297. The number of benzene rings is 1. The van der Waals surface area contributed by atoms with Gasteiger partial charge in [-0.15, -0.1) is 0 Å². The summed E-state index contributed by atoms with van der Waals surface area (Å²) in [7, 11) is -3.37. The van der Waals surface area contributed by atoms with Gasteiger partial charge in [-0.25, -0.2) is 8.42 Å². The molecule has 0 atom stereocenters. The van der Waals surface area contributed by atoms with Gasteiger partial charge in [0.1, 0.15) is 10.6 Å². The van der Waals surface area contributed by atoms with Gasteiger partial charge in [-0.3, -0.25) is 0 Å². The molecule has 0 aliphatic rings. The Labute approximate surface area is 83.3 Å². The molecule has 0 aromatic heterocycles. The van der Waals surface area contributed by atoms with Gasteiger partial charge in [0.2, 0.25) is 0 Å². The summed E-state index contributed by atoms with van der Waals surface area (Å²) < 4.78 is 22.4. The number of nitrogens with two attached hydrogens (primary N) is 1. The van der Waals surface area contributed by atoms with E-state index in [1.165, 1.54) is 12.1 Å². The maximum absolute atomic E-state index is 11.2. The zero-order valence-electron chi connectivity index (χ0n) is 7.90. The third kappa shape index (κ3) is 2.46. The Hall–Kier alpha value is -1.07. The first-order valence-corrected chi connectivity index (χ1v) is 6.06. The summed E-state index contributed by atoms with van der Waals surface area (Å²) in [6.07, 6.45) is 1.66. The largest absolute Gasteiger partial charge is 0.507 e. The number of sulfone groups is 1. The molecule has 1 rings (SSSR count). The van der Waals surface area contributed by atoms with Crippen molar-refractivity contribution in [2.45, 2.75) is 11.3 Å². The van der Waals surface area contributed by atoms with Crippen molar-refractivity contribution >= 4 is 9.84 Å². The summed E-state index contributed by atoms with van der Waals surface area (Å²) in [6, 6.07) is 4.50. The van der Waals surface area contributed by atoms with Crippen LogP contribution >= 0.6 is 0 Å². The standard InChI is InChI=1S/C9H13NO3S/c1-14(12,13)9-6-7(4-5-10)2-3-8(9)11/h2-3,6,11H,4-5,10H2,1H3. The molecule has 78 valence electrons. The van der Waals surface area contributed by atoms with E-state index in [1.54, 1.807) is 6.07 Å². The van der Waals surface area contributed by atoms with Gasteiger partial charge >= 0.3 is 0 Å². The molecule has 0 bridgehead atoms. The lowest BCUT2D eigenvalue weighted by Crippen LogP contribution is -2.04. The fraction of sp³-hybridized carbons (Fsp3) is 0.333. The van der Waals surface area contributed by atoms with E-state index in [0.29, 0.717) is 13.0 Å². The van der Waals surface area contributed by atoms with Crippen LogP contribution in [0.15, 0.2) is 23.1 Å². The molecule has 0 saturated heterocycles. The zero-order valence-corrected chi connectivity index (χ0v) is 8.71. The van der Waals surface area contributed by atoms with Gasteiger partial charge in [-0.05, 0) is 30.7 Å². The number of rotatable bonds is 3. The van der Waals surface area contributed by atoms with Gasteiger partial charge in [0.05, 0.1) is 0 Å². The van der Waals surface area contributed by atoms with Crippen LogP contribution in [0.1, 0.15) is 5.56 Å². The van der Waals surface area contributed by atoms with Crippen molar-refractivity contribution in [2.75, 3.05) is 12.8 Å². The van der Waals surface area contributed by atoms with E-state index in [1.807, 2.05) is 0 Å². The summed E-state index contributed by atoms with van der Waals surface area (Å²) in [4.78, 5) is -0.0385. The van der Waals surface area contributed by atoms with E-state index < -0.39 is 9.84 Å². The molecule has 14 heavy (non-hydrogen) atoms. The maximum Gasteiger partial charge on any atom is 0.179 e. The van der Waals surface area contributed by atoms with E-state index >= 15 is 0 Å². The van der Waals surface area contributed by atoms with E-state index in [-0.39, 0.29) is 10.6 Å². The van der Waals surface area contributed by atoms with Crippen LogP contribution in [0.5, 0.6) is 5.75 Å². The molecule has 5 heteroatoms. The molecule has 1 aromatic rings. The molecule has 0 unspecified atom stereocenters. The third-order valence-electron chi connectivity index (χ3n) is 1.86. The number of phenols is 1. The lowest BCUT2D eigenvalue weighted by Gasteiger charge is -2.04. The molecule has 1 aromatic carbocycles. The summed E-state index contributed by atoms with van der Waals surface area (Å²) in [5.74, 6) is -0.215. The maximum atomic E-state index is 11.2. The van der Waals surface area contributed by atoms with Crippen LogP contribution in [0.25, 0.3) is 0 Å². The Morgan fingerprint density at radius 1 is 1.43 bits per heavy atom. The highest BCUT2D eigenvalue weighted by atomic mass is 32.2. The summed E-state index contributed by atoms with van der Waals surface area (Å²) in [5, 5.41) is 9.33. The van der Waals surface area contributed by atoms with Crippen LogP contribution in [0.4, 0.5) is 0 Å². The lowest BCUT2D eigenvalue weighted by atomic mass is 10.1. The second kappa shape index (κ2) is 3.98. The Kier molecular flexibility index (Phi) is 3.13. The fourth-order valence-corrected chi connectivity index (χ4v) is 1.99. The highest BCUT2D eigenvalue weighted by Gasteiger charge is 2.13. The molecule has 4 nitrogen and oxygen atoms in total. The van der Waals surface area contributed by atoms with E-state index in [0.717, 1.165) is 11.8 Å². The highest BCUT2D eigenvalue weighted by molar-refractivity contribution is 7.90. The first-order chi connectivity index (χ1) is 6.45. The average Bonchev–Trinajstić information content (AvgIpc) is 2.07. The molecule has 0 heterocycles. The number of aromatic hydroxyl groups is 1. The zero-order chi connectivity index (χ0) is 10.8. The van der Waals surface area contributed by atoms with E-state index in [9.17, 15) is 13.5 Å². The smallest absolute Gasteiger partial charge is 0.179 e. The molecule has 0 spiro atoms. The third-order valence-corrected chi connectivity index (χ3v) is 2.98.